The third-order valence-corrected chi connectivity index (χ3v) is 2.41. The Morgan fingerprint density at radius 2 is 1.88 bits per heavy atom. The van der Waals surface area contributed by atoms with Crippen LogP contribution >= 0.6 is 0 Å². The highest BCUT2D eigenvalue weighted by atomic mass is 19.1. The number of hydrogen-bond donors (Lipinski definition) is 0. The minimum atomic E-state index is -0.704. The van der Waals surface area contributed by atoms with Crippen LogP contribution in [0.25, 0.3) is 0 Å². The van der Waals surface area contributed by atoms with Crippen LogP contribution in [-0.2, 0) is 0 Å². The Labute approximate surface area is 99.8 Å². The lowest BCUT2D eigenvalue weighted by Gasteiger charge is -2.15. The SMILES string of the molecule is CC(C)(C#N)CCCOc1c(F)cccc1F. The molecule has 0 saturated heterocycles. The highest BCUT2D eigenvalue weighted by Crippen LogP contribution is 2.23. The standard InChI is InChI=1S/C13H15F2NO/c1-13(2,9-16)7-4-8-17-12-10(14)5-3-6-11(12)15/h3,5-6H,4,7-8H2,1-2H3. The van der Waals surface area contributed by atoms with Crippen molar-refractivity contribution in [2.45, 2.75) is 26.7 Å². The van der Waals surface area contributed by atoms with Crippen LogP contribution in [0.2, 0.25) is 0 Å². The molecule has 1 rings (SSSR count). The first-order valence-electron chi connectivity index (χ1n) is 5.44. The molecule has 17 heavy (non-hydrogen) atoms. The molecule has 0 aliphatic heterocycles. The first-order chi connectivity index (χ1) is 7.96. The third-order valence-electron chi connectivity index (χ3n) is 2.41. The molecular weight excluding hydrogens is 224 g/mol. The third kappa shape index (κ3) is 4.03. The smallest absolute Gasteiger partial charge is 0.190 e. The summed E-state index contributed by atoms with van der Waals surface area (Å²) in [5, 5.41) is 8.79. The van der Waals surface area contributed by atoms with Crippen molar-refractivity contribution in [2.24, 2.45) is 5.41 Å². The lowest BCUT2D eigenvalue weighted by atomic mass is 9.90. The number of hydrogen-bond acceptors (Lipinski definition) is 2. The van der Waals surface area contributed by atoms with Crippen molar-refractivity contribution in [1.82, 2.24) is 0 Å². The number of para-hydroxylation sites is 1. The van der Waals surface area contributed by atoms with Crippen molar-refractivity contribution >= 4 is 0 Å². The monoisotopic (exact) mass is 239 g/mol. The van der Waals surface area contributed by atoms with Crippen LogP contribution in [0.3, 0.4) is 0 Å². The summed E-state index contributed by atoms with van der Waals surface area (Å²) in [4.78, 5) is 0. The molecule has 0 saturated carbocycles. The highest BCUT2D eigenvalue weighted by Gasteiger charge is 2.16. The molecule has 0 aliphatic rings. The summed E-state index contributed by atoms with van der Waals surface area (Å²) in [6.45, 7) is 3.83. The van der Waals surface area contributed by atoms with E-state index in [1.54, 1.807) is 0 Å². The average molecular weight is 239 g/mol. The summed E-state index contributed by atoms with van der Waals surface area (Å²) < 4.78 is 31.4. The molecule has 0 atom stereocenters. The Morgan fingerprint density at radius 1 is 1.29 bits per heavy atom. The van der Waals surface area contributed by atoms with Crippen molar-refractivity contribution in [3.05, 3.63) is 29.8 Å². The molecule has 2 nitrogen and oxygen atoms in total. The fourth-order valence-electron chi connectivity index (χ4n) is 1.36. The maximum Gasteiger partial charge on any atom is 0.190 e. The van der Waals surface area contributed by atoms with E-state index in [0.717, 1.165) is 12.1 Å². The van der Waals surface area contributed by atoms with E-state index in [4.69, 9.17) is 10.00 Å². The topological polar surface area (TPSA) is 33.0 Å². The zero-order valence-corrected chi connectivity index (χ0v) is 9.96. The van der Waals surface area contributed by atoms with Crippen LogP contribution in [0.15, 0.2) is 18.2 Å². The maximum atomic E-state index is 13.2. The molecule has 0 spiro atoms. The van der Waals surface area contributed by atoms with Gasteiger partial charge in [-0.15, -0.1) is 0 Å². The van der Waals surface area contributed by atoms with Crippen LogP contribution < -0.4 is 4.74 Å². The van der Waals surface area contributed by atoms with Gasteiger partial charge in [0.05, 0.1) is 18.1 Å². The number of benzene rings is 1. The fraction of sp³-hybridized carbons (Fsp3) is 0.462. The quantitative estimate of drug-likeness (QED) is 0.734. The summed E-state index contributed by atoms with van der Waals surface area (Å²) in [5.74, 6) is -1.75. The van der Waals surface area contributed by atoms with E-state index in [0.29, 0.717) is 12.8 Å². The van der Waals surface area contributed by atoms with Gasteiger partial charge in [0.15, 0.2) is 17.4 Å². The Hall–Kier alpha value is -1.63. The summed E-state index contributed by atoms with van der Waals surface area (Å²) in [5.41, 5.74) is -0.433. The Morgan fingerprint density at radius 3 is 2.41 bits per heavy atom. The van der Waals surface area contributed by atoms with E-state index >= 15 is 0 Å². The molecule has 0 aliphatic carbocycles. The molecule has 0 radical (unpaired) electrons. The van der Waals surface area contributed by atoms with E-state index in [2.05, 4.69) is 6.07 Å². The summed E-state index contributed by atoms with van der Waals surface area (Å²) in [6, 6.07) is 5.75. The predicted molar refractivity (Wildman–Crippen MR) is 60.5 cm³/mol. The van der Waals surface area contributed by atoms with E-state index in [9.17, 15) is 8.78 Å². The molecule has 0 aromatic heterocycles. The molecular formula is C13H15F2NO. The average Bonchev–Trinajstić information content (AvgIpc) is 2.27. The summed E-state index contributed by atoms with van der Waals surface area (Å²) >= 11 is 0. The summed E-state index contributed by atoms with van der Waals surface area (Å²) in [7, 11) is 0. The molecule has 0 unspecified atom stereocenters. The first-order valence-corrected chi connectivity index (χ1v) is 5.44. The van der Waals surface area contributed by atoms with Gasteiger partial charge in [-0.3, -0.25) is 0 Å². The van der Waals surface area contributed by atoms with E-state index < -0.39 is 17.0 Å². The minimum Gasteiger partial charge on any atom is -0.488 e. The number of nitrogens with zero attached hydrogens (tertiary/aromatic N) is 1. The van der Waals surface area contributed by atoms with Crippen molar-refractivity contribution in [1.29, 1.82) is 5.26 Å². The van der Waals surface area contributed by atoms with Gasteiger partial charge < -0.3 is 4.74 Å². The predicted octanol–water partition coefficient (Wildman–Crippen LogP) is 3.67. The molecule has 0 N–H and O–H groups in total. The van der Waals surface area contributed by atoms with Crippen LogP contribution in [0.1, 0.15) is 26.7 Å². The van der Waals surface area contributed by atoms with Crippen LogP contribution in [0, 0.1) is 28.4 Å². The Kier molecular flexibility index (Phi) is 4.45. The molecule has 0 bridgehead atoms. The van der Waals surface area contributed by atoms with Gasteiger partial charge in [-0.05, 0) is 38.8 Å². The van der Waals surface area contributed by atoms with Gasteiger partial charge >= 0.3 is 0 Å². The molecule has 0 amide bonds. The van der Waals surface area contributed by atoms with Gasteiger partial charge in [-0.25, -0.2) is 8.78 Å². The zero-order chi connectivity index (χ0) is 12.9. The fourth-order valence-corrected chi connectivity index (χ4v) is 1.36. The molecule has 0 heterocycles. The lowest BCUT2D eigenvalue weighted by molar-refractivity contribution is 0.261. The van der Waals surface area contributed by atoms with Crippen LogP contribution in [0.4, 0.5) is 8.78 Å². The second-order valence-corrected chi connectivity index (χ2v) is 4.50. The number of halogens is 2. The summed E-state index contributed by atoms with van der Waals surface area (Å²) in [6.07, 6.45) is 1.20. The van der Waals surface area contributed by atoms with Crippen LogP contribution in [0.5, 0.6) is 5.75 Å². The highest BCUT2D eigenvalue weighted by molar-refractivity contribution is 5.25. The van der Waals surface area contributed by atoms with E-state index in [1.807, 2.05) is 13.8 Å². The van der Waals surface area contributed by atoms with Gasteiger partial charge in [0.2, 0.25) is 0 Å². The van der Waals surface area contributed by atoms with Gasteiger partial charge in [0.25, 0.3) is 0 Å². The van der Waals surface area contributed by atoms with Gasteiger partial charge in [0.1, 0.15) is 0 Å². The molecule has 92 valence electrons. The van der Waals surface area contributed by atoms with Crippen LogP contribution in [-0.4, -0.2) is 6.61 Å². The minimum absolute atomic E-state index is 0.197. The number of nitriles is 1. The number of ether oxygens (including phenoxy) is 1. The second kappa shape index (κ2) is 5.62. The Balaban J connectivity index is 2.45. The largest absolute Gasteiger partial charge is 0.488 e. The maximum absolute atomic E-state index is 13.2. The van der Waals surface area contributed by atoms with Crippen molar-refractivity contribution < 1.29 is 13.5 Å². The van der Waals surface area contributed by atoms with Crippen molar-refractivity contribution in [3.63, 3.8) is 0 Å². The Bertz CT molecular complexity index is 404. The molecule has 4 heteroatoms. The normalized spacial score (nSPS) is 11.0. The van der Waals surface area contributed by atoms with Crippen molar-refractivity contribution in [3.8, 4) is 11.8 Å². The first kappa shape index (κ1) is 13.4. The second-order valence-electron chi connectivity index (χ2n) is 4.50. The van der Waals surface area contributed by atoms with E-state index in [-0.39, 0.29) is 12.4 Å². The van der Waals surface area contributed by atoms with Gasteiger partial charge in [0, 0.05) is 0 Å². The van der Waals surface area contributed by atoms with E-state index in [1.165, 1.54) is 6.07 Å². The molecule has 1 aromatic rings. The molecule has 0 fully saturated rings. The lowest BCUT2D eigenvalue weighted by Crippen LogP contribution is -2.10. The zero-order valence-electron chi connectivity index (χ0n) is 9.96. The molecule has 1 aromatic carbocycles. The van der Waals surface area contributed by atoms with Gasteiger partial charge in [-0.1, -0.05) is 6.07 Å². The van der Waals surface area contributed by atoms with Crippen molar-refractivity contribution in [2.75, 3.05) is 6.61 Å². The van der Waals surface area contributed by atoms with Gasteiger partial charge in [-0.2, -0.15) is 5.26 Å². The number of rotatable bonds is 5.